The zero-order valence-corrected chi connectivity index (χ0v) is 7.61. The lowest BCUT2D eigenvalue weighted by atomic mass is 10.2. The van der Waals surface area contributed by atoms with Crippen molar-refractivity contribution in [3.05, 3.63) is 0 Å². The number of aliphatic carboxylic acids is 1. The Morgan fingerprint density at radius 2 is 2.08 bits per heavy atom. The fourth-order valence-electron chi connectivity index (χ4n) is 0.932. The summed E-state index contributed by atoms with van der Waals surface area (Å²) < 4.78 is 0.526. The maximum Gasteiger partial charge on any atom is 0.146 e. The topological polar surface area (TPSA) is 69.6 Å². The first-order valence-corrected chi connectivity index (χ1v) is 3.65. The van der Waals surface area contributed by atoms with E-state index in [0.29, 0.717) is 11.0 Å². The molecule has 0 aromatic rings. The van der Waals surface area contributed by atoms with Crippen molar-refractivity contribution in [3.63, 3.8) is 0 Å². The number of carbonyl (C=O) groups excluding carboxylic acids is 1. The Labute approximate surface area is 71.7 Å². The molecule has 0 saturated heterocycles. The monoisotopic (exact) mass is 177 g/mol. The molecule has 0 aliphatic carbocycles. The highest BCUT2D eigenvalue weighted by molar-refractivity contribution is 5.64. The summed E-state index contributed by atoms with van der Waals surface area (Å²) in [6.07, 6.45) is -0.985. The second-order valence-electron chi connectivity index (χ2n) is 3.78. The summed E-state index contributed by atoms with van der Waals surface area (Å²) in [4.78, 5) is 14.1. The van der Waals surface area contributed by atoms with Crippen LogP contribution in [-0.2, 0) is 9.68 Å². The molecule has 72 valence electrons. The zero-order valence-electron chi connectivity index (χ0n) is 7.61. The van der Waals surface area contributed by atoms with Gasteiger partial charge in [0.1, 0.15) is 12.6 Å². The third-order valence-electron chi connectivity index (χ3n) is 1.29. The van der Waals surface area contributed by atoms with E-state index in [1.54, 1.807) is 0 Å². The summed E-state index contributed by atoms with van der Waals surface area (Å²) in [5, 5.41) is 18.5. The standard InChI is InChI=1S/C7H15NO4/c1-8(2,3)5-6(12-11)4-7(9)10/h6H,4-5H2,1-3H3,(H-,9,10,11). The van der Waals surface area contributed by atoms with Crippen LogP contribution in [0.25, 0.3) is 0 Å². The molecule has 0 bridgehead atoms. The van der Waals surface area contributed by atoms with E-state index in [4.69, 9.17) is 5.26 Å². The van der Waals surface area contributed by atoms with Gasteiger partial charge in [-0.15, -0.1) is 0 Å². The predicted octanol–water partition coefficient (Wildman–Crippen LogP) is -1.31. The molecule has 0 radical (unpaired) electrons. The van der Waals surface area contributed by atoms with E-state index >= 15 is 0 Å². The normalized spacial score (nSPS) is 14.3. The van der Waals surface area contributed by atoms with Crippen molar-refractivity contribution in [2.24, 2.45) is 0 Å². The van der Waals surface area contributed by atoms with E-state index < -0.39 is 12.1 Å². The Hall–Kier alpha value is -0.650. The van der Waals surface area contributed by atoms with Gasteiger partial charge < -0.3 is 14.4 Å². The van der Waals surface area contributed by atoms with E-state index in [-0.39, 0.29) is 6.42 Å². The number of carboxylic acids is 1. The van der Waals surface area contributed by atoms with Crippen molar-refractivity contribution in [1.29, 1.82) is 0 Å². The summed E-state index contributed by atoms with van der Waals surface area (Å²) in [7, 11) is 5.63. The molecule has 1 unspecified atom stereocenters. The SMILES string of the molecule is C[N+](C)(C)CC(CC(=O)[O-])OO. The molecule has 0 amide bonds. The van der Waals surface area contributed by atoms with Crippen LogP contribution in [-0.4, -0.2) is 49.5 Å². The number of likely N-dealkylation sites (N-methyl/N-ethyl adjacent to an activating group) is 1. The maximum absolute atomic E-state index is 10.1. The molecule has 0 saturated carbocycles. The molecule has 0 fully saturated rings. The van der Waals surface area contributed by atoms with E-state index in [1.807, 2.05) is 21.1 Å². The van der Waals surface area contributed by atoms with Gasteiger partial charge in [0.15, 0.2) is 0 Å². The molecule has 5 heteroatoms. The van der Waals surface area contributed by atoms with E-state index in [9.17, 15) is 9.90 Å². The fourth-order valence-corrected chi connectivity index (χ4v) is 0.932. The van der Waals surface area contributed by atoms with Crippen LogP contribution in [0.4, 0.5) is 0 Å². The number of quaternary nitrogens is 1. The third kappa shape index (κ3) is 6.09. The number of carbonyl (C=O) groups is 1. The van der Waals surface area contributed by atoms with E-state index in [0.717, 1.165) is 0 Å². The number of carboxylic acid groups (broad SMARTS) is 1. The highest BCUT2D eigenvalue weighted by atomic mass is 17.1. The molecule has 0 aliphatic heterocycles. The van der Waals surface area contributed by atoms with Crippen LogP contribution in [0.5, 0.6) is 0 Å². The van der Waals surface area contributed by atoms with Gasteiger partial charge in [0, 0.05) is 12.4 Å². The highest BCUT2D eigenvalue weighted by Crippen LogP contribution is 2.01. The van der Waals surface area contributed by atoms with Gasteiger partial charge in [-0.25, -0.2) is 4.89 Å². The molecule has 5 nitrogen and oxygen atoms in total. The molecule has 1 N–H and O–H groups in total. The first-order valence-electron chi connectivity index (χ1n) is 3.65. The molecule has 12 heavy (non-hydrogen) atoms. The minimum Gasteiger partial charge on any atom is -0.550 e. The first kappa shape index (κ1) is 11.4. The van der Waals surface area contributed by atoms with Crippen molar-refractivity contribution in [1.82, 2.24) is 0 Å². The number of nitrogens with zero attached hydrogens (tertiary/aromatic N) is 1. The number of hydrogen-bond donors (Lipinski definition) is 1. The third-order valence-corrected chi connectivity index (χ3v) is 1.29. The van der Waals surface area contributed by atoms with Crippen molar-refractivity contribution in [3.8, 4) is 0 Å². The lowest BCUT2D eigenvalue weighted by Crippen LogP contribution is -2.44. The molecular weight excluding hydrogens is 162 g/mol. The van der Waals surface area contributed by atoms with Crippen molar-refractivity contribution in [2.45, 2.75) is 12.5 Å². The largest absolute Gasteiger partial charge is 0.550 e. The molecule has 0 aromatic carbocycles. The van der Waals surface area contributed by atoms with Crippen molar-refractivity contribution in [2.75, 3.05) is 27.7 Å². The number of hydrogen-bond acceptors (Lipinski definition) is 4. The summed E-state index contributed by atoms with van der Waals surface area (Å²) in [5.74, 6) is -1.22. The van der Waals surface area contributed by atoms with Gasteiger partial charge in [-0.05, 0) is 0 Å². The predicted molar refractivity (Wildman–Crippen MR) is 40.0 cm³/mol. The number of rotatable bonds is 5. The minimum absolute atomic E-state index is 0.286. The van der Waals surface area contributed by atoms with Gasteiger partial charge in [-0.2, -0.15) is 0 Å². The van der Waals surface area contributed by atoms with Gasteiger partial charge in [0.2, 0.25) is 0 Å². The second-order valence-corrected chi connectivity index (χ2v) is 3.78. The van der Waals surface area contributed by atoms with Crippen molar-refractivity contribution >= 4 is 5.97 Å². The van der Waals surface area contributed by atoms with Gasteiger partial charge in [-0.3, -0.25) is 5.26 Å². The van der Waals surface area contributed by atoms with Gasteiger partial charge in [0.25, 0.3) is 0 Å². The van der Waals surface area contributed by atoms with Crippen LogP contribution in [0.1, 0.15) is 6.42 Å². The van der Waals surface area contributed by atoms with Gasteiger partial charge >= 0.3 is 0 Å². The maximum atomic E-state index is 10.1. The van der Waals surface area contributed by atoms with E-state index in [1.165, 1.54) is 0 Å². The minimum atomic E-state index is -1.22. The fraction of sp³-hybridized carbons (Fsp3) is 0.857. The Morgan fingerprint density at radius 3 is 2.33 bits per heavy atom. The Bertz CT molecular complexity index is 152. The molecule has 0 aromatic heterocycles. The van der Waals surface area contributed by atoms with Crippen molar-refractivity contribution < 1.29 is 24.5 Å². The zero-order chi connectivity index (χ0) is 9.78. The highest BCUT2D eigenvalue weighted by Gasteiger charge is 2.18. The summed E-state index contributed by atoms with van der Waals surface area (Å²) >= 11 is 0. The smallest absolute Gasteiger partial charge is 0.146 e. The van der Waals surface area contributed by atoms with Crippen LogP contribution >= 0.6 is 0 Å². The Balaban J connectivity index is 3.92. The molecule has 0 spiro atoms. The van der Waals surface area contributed by atoms with Crippen LogP contribution in [0, 0.1) is 0 Å². The average Bonchev–Trinajstić information content (AvgIpc) is 1.82. The first-order chi connectivity index (χ1) is 5.35. The quantitative estimate of drug-likeness (QED) is 0.321. The van der Waals surface area contributed by atoms with Crippen LogP contribution in [0.3, 0.4) is 0 Å². The summed E-state index contributed by atoms with van der Waals surface area (Å²) in [6.45, 7) is 0.421. The summed E-state index contributed by atoms with van der Waals surface area (Å²) in [5.41, 5.74) is 0. The molecule has 1 atom stereocenters. The molecular formula is C7H15NO4. The van der Waals surface area contributed by atoms with E-state index in [2.05, 4.69) is 4.89 Å². The Kier molecular flexibility index (Phi) is 4.16. The van der Waals surface area contributed by atoms with Crippen LogP contribution in [0.15, 0.2) is 0 Å². The summed E-state index contributed by atoms with van der Waals surface area (Å²) in [6, 6.07) is 0. The lowest BCUT2D eigenvalue weighted by molar-refractivity contribution is -0.875. The van der Waals surface area contributed by atoms with Gasteiger partial charge in [-0.1, -0.05) is 0 Å². The molecule has 0 heterocycles. The van der Waals surface area contributed by atoms with Gasteiger partial charge in [0.05, 0.1) is 21.1 Å². The Morgan fingerprint density at radius 1 is 1.58 bits per heavy atom. The lowest BCUT2D eigenvalue weighted by Gasteiger charge is -2.27. The van der Waals surface area contributed by atoms with Crippen LogP contribution in [0.2, 0.25) is 0 Å². The molecule has 0 aliphatic rings. The second kappa shape index (κ2) is 4.39. The average molecular weight is 177 g/mol. The van der Waals surface area contributed by atoms with Crippen LogP contribution < -0.4 is 5.11 Å². The molecule has 0 rings (SSSR count).